The molecule has 0 radical (unpaired) electrons. The molecule has 0 saturated carbocycles. The highest BCUT2D eigenvalue weighted by Crippen LogP contribution is 2.11. The van der Waals surface area contributed by atoms with E-state index in [0.717, 1.165) is 11.5 Å². The molecule has 0 saturated heterocycles. The van der Waals surface area contributed by atoms with Crippen molar-refractivity contribution in [2.75, 3.05) is 11.5 Å². The molecule has 0 bridgehead atoms. The highest BCUT2D eigenvalue weighted by Gasteiger charge is 2.01. The zero-order valence-corrected chi connectivity index (χ0v) is 8.94. The Labute approximate surface area is 85.8 Å². The van der Waals surface area contributed by atoms with Gasteiger partial charge in [-0.15, -0.1) is 5.10 Å². The summed E-state index contributed by atoms with van der Waals surface area (Å²) < 4.78 is 1.49. The topological polar surface area (TPSA) is 50.7 Å². The molecule has 13 heavy (non-hydrogen) atoms. The molecule has 0 aliphatic heterocycles. The van der Waals surface area contributed by atoms with Crippen LogP contribution in [-0.4, -0.2) is 26.3 Å². The Hall–Kier alpha value is -0.620. The van der Waals surface area contributed by atoms with E-state index in [1.807, 2.05) is 12.2 Å². The van der Waals surface area contributed by atoms with Crippen LogP contribution < -0.4 is 5.69 Å². The first-order chi connectivity index (χ1) is 6.25. The van der Waals surface area contributed by atoms with Gasteiger partial charge in [-0.2, -0.15) is 12.6 Å². The number of aromatic nitrogens is 3. The second kappa shape index (κ2) is 5.18. The standard InChI is InChI=1S/C7H11N3OS2/c1-10-6(11)8-9-7(10)13-5-3-2-4-12/h2-3,12H,4-5H2,1H3,(H,8,11). The molecule has 0 spiro atoms. The van der Waals surface area contributed by atoms with Gasteiger partial charge in [0.2, 0.25) is 0 Å². The van der Waals surface area contributed by atoms with Gasteiger partial charge < -0.3 is 0 Å². The molecule has 1 rings (SSSR count). The molecular formula is C7H11N3OS2. The van der Waals surface area contributed by atoms with Crippen LogP contribution in [0.25, 0.3) is 0 Å². The lowest BCUT2D eigenvalue weighted by Gasteiger charge is -1.94. The number of hydrogen-bond acceptors (Lipinski definition) is 4. The molecule has 4 nitrogen and oxygen atoms in total. The first-order valence-electron chi connectivity index (χ1n) is 3.75. The Morgan fingerprint density at radius 2 is 2.46 bits per heavy atom. The molecule has 1 heterocycles. The highest BCUT2D eigenvalue weighted by atomic mass is 32.2. The summed E-state index contributed by atoms with van der Waals surface area (Å²) in [5.41, 5.74) is -0.180. The zero-order valence-electron chi connectivity index (χ0n) is 7.23. The molecule has 1 aromatic heterocycles. The SMILES string of the molecule is Cn1c(SCC=CCS)n[nH]c1=O. The summed E-state index contributed by atoms with van der Waals surface area (Å²) in [6, 6.07) is 0. The molecule has 0 atom stereocenters. The van der Waals surface area contributed by atoms with Gasteiger partial charge in [0.25, 0.3) is 0 Å². The normalized spacial score (nSPS) is 11.2. The van der Waals surface area contributed by atoms with E-state index in [4.69, 9.17) is 0 Å². The Morgan fingerprint density at radius 3 is 3.00 bits per heavy atom. The van der Waals surface area contributed by atoms with Gasteiger partial charge in [0.05, 0.1) is 0 Å². The van der Waals surface area contributed by atoms with E-state index in [0.29, 0.717) is 5.16 Å². The van der Waals surface area contributed by atoms with E-state index >= 15 is 0 Å². The Morgan fingerprint density at radius 1 is 1.69 bits per heavy atom. The Balaban J connectivity index is 2.50. The van der Waals surface area contributed by atoms with Gasteiger partial charge >= 0.3 is 5.69 Å². The van der Waals surface area contributed by atoms with Crippen LogP contribution in [0.15, 0.2) is 22.1 Å². The lowest BCUT2D eigenvalue weighted by Crippen LogP contribution is -2.12. The molecule has 1 aromatic rings. The van der Waals surface area contributed by atoms with Crippen molar-refractivity contribution in [3.63, 3.8) is 0 Å². The molecule has 0 aromatic carbocycles. The lowest BCUT2D eigenvalue weighted by molar-refractivity contribution is 0.766. The van der Waals surface area contributed by atoms with E-state index < -0.39 is 0 Å². The van der Waals surface area contributed by atoms with E-state index in [-0.39, 0.29) is 5.69 Å². The van der Waals surface area contributed by atoms with E-state index in [9.17, 15) is 4.79 Å². The van der Waals surface area contributed by atoms with Crippen molar-refractivity contribution in [2.24, 2.45) is 7.05 Å². The van der Waals surface area contributed by atoms with Crippen LogP contribution in [0.2, 0.25) is 0 Å². The van der Waals surface area contributed by atoms with Crippen molar-refractivity contribution in [3.05, 3.63) is 22.6 Å². The van der Waals surface area contributed by atoms with E-state index in [1.165, 1.54) is 16.3 Å². The number of H-pyrrole nitrogens is 1. The minimum Gasteiger partial charge on any atom is -0.273 e. The number of rotatable bonds is 4. The fraction of sp³-hybridized carbons (Fsp3) is 0.429. The van der Waals surface area contributed by atoms with Crippen LogP contribution >= 0.6 is 24.4 Å². The summed E-state index contributed by atoms with van der Waals surface area (Å²) in [4.78, 5) is 10.9. The third-order valence-electron chi connectivity index (χ3n) is 1.42. The average Bonchev–Trinajstić information content (AvgIpc) is 2.43. The number of thiol groups is 1. The van der Waals surface area contributed by atoms with E-state index in [2.05, 4.69) is 22.8 Å². The van der Waals surface area contributed by atoms with Crippen molar-refractivity contribution in [3.8, 4) is 0 Å². The largest absolute Gasteiger partial charge is 0.343 e. The van der Waals surface area contributed by atoms with Gasteiger partial charge in [0, 0.05) is 18.6 Å². The van der Waals surface area contributed by atoms with E-state index in [1.54, 1.807) is 7.05 Å². The van der Waals surface area contributed by atoms with Gasteiger partial charge in [-0.3, -0.25) is 4.57 Å². The minimum atomic E-state index is -0.180. The number of nitrogens with one attached hydrogen (secondary N) is 1. The van der Waals surface area contributed by atoms with Crippen molar-refractivity contribution >= 4 is 24.4 Å². The molecular weight excluding hydrogens is 206 g/mol. The fourth-order valence-electron chi connectivity index (χ4n) is 0.727. The summed E-state index contributed by atoms with van der Waals surface area (Å²) in [6.07, 6.45) is 3.96. The first kappa shape index (κ1) is 10.5. The molecule has 0 fully saturated rings. The van der Waals surface area contributed by atoms with Gasteiger partial charge in [0.15, 0.2) is 5.16 Å². The van der Waals surface area contributed by atoms with Crippen molar-refractivity contribution in [2.45, 2.75) is 5.16 Å². The van der Waals surface area contributed by atoms with Crippen LogP contribution in [0.5, 0.6) is 0 Å². The van der Waals surface area contributed by atoms with Crippen molar-refractivity contribution < 1.29 is 0 Å². The molecule has 72 valence electrons. The Bertz CT molecular complexity index is 342. The van der Waals surface area contributed by atoms with Crippen LogP contribution in [0.1, 0.15) is 0 Å². The third-order valence-corrected chi connectivity index (χ3v) is 2.61. The predicted octanol–water partition coefficient (Wildman–Crippen LogP) is 0.686. The van der Waals surface area contributed by atoms with Crippen molar-refractivity contribution in [1.82, 2.24) is 14.8 Å². The fourth-order valence-corrected chi connectivity index (χ4v) is 1.64. The third kappa shape index (κ3) is 2.96. The highest BCUT2D eigenvalue weighted by molar-refractivity contribution is 7.99. The summed E-state index contributed by atoms with van der Waals surface area (Å²) in [6.45, 7) is 0. The molecule has 1 N–H and O–H groups in total. The van der Waals surface area contributed by atoms with Gasteiger partial charge in [-0.25, -0.2) is 9.89 Å². The number of aromatic amines is 1. The summed E-state index contributed by atoms with van der Waals surface area (Å²) in [7, 11) is 1.69. The molecule has 0 aliphatic rings. The van der Waals surface area contributed by atoms with Gasteiger partial charge in [0.1, 0.15) is 0 Å². The second-order valence-corrected chi connectivity index (χ2v) is 3.69. The maximum absolute atomic E-state index is 10.9. The number of nitrogens with zero attached hydrogens (tertiary/aromatic N) is 2. The minimum absolute atomic E-state index is 0.180. The summed E-state index contributed by atoms with van der Waals surface area (Å²) in [5, 5.41) is 6.93. The van der Waals surface area contributed by atoms with Crippen LogP contribution in [0.3, 0.4) is 0 Å². The molecule has 0 aliphatic carbocycles. The first-order valence-corrected chi connectivity index (χ1v) is 5.37. The van der Waals surface area contributed by atoms with Crippen LogP contribution in [0.4, 0.5) is 0 Å². The zero-order chi connectivity index (χ0) is 9.68. The molecule has 0 unspecified atom stereocenters. The smallest absolute Gasteiger partial charge is 0.273 e. The number of hydrogen-bond donors (Lipinski definition) is 2. The van der Waals surface area contributed by atoms with Gasteiger partial charge in [-0.05, 0) is 0 Å². The summed E-state index contributed by atoms with van der Waals surface area (Å²) >= 11 is 5.54. The van der Waals surface area contributed by atoms with Crippen molar-refractivity contribution in [1.29, 1.82) is 0 Å². The Kier molecular flexibility index (Phi) is 4.17. The predicted molar refractivity (Wildman–Crippen MR) is 57.5 cm³/mol. The maximum Gasteiger partial charge on any atom is 0.343 e. The average molecular weight is 217 g/mol. The maximum atomic E-state index is 10.9. The molecule has 6 heteroatoms. The molecule has 0 amide bonds. The second-order valence-electron chi connectivity index (χ2n) is 2.34. The number of thioether (sulfide) groups is 1. The lowest BCUT2D eigenvalue weighted by atomic mass is 10.6. The van der Waals surface area contributed by atoms with Crippen LogP contribution in [0, 0.1) is 0 Å². The monoisotopic (exact) mass is 217 g/mol. The van der Waals surface area contributed by atoms with Crippen LogP contribution in [-0.2, 0) is 7.05 Å². The summed E-state index contributed by atoms with van der Waals surface area (Å²) in [5.74, 6) is 1.54. The quantitative estimate of drug-likeness (QED) is 0.443. The van der Waals surface area contributed by atoms with Gasteiger partial charge in [-0.1, -0.05) is 23.9 Å².